The number of aromatic nitrogens is 1. The van der Waals surface area contributed by atoms with Gasteiger partial charge in [0.2, 0.25) is 0 Å². The summed E-state index contributed by atoms with van der Waals surface area (Å²) >= 11 is 0. The quantitative estimate of drug-likeness (QED) is 0.887. The van der Waals surface area contributed by atoms with Gasteiger partial charge < -0.3 is 14.8 Å². The number of rotatable bonds is 6. The second kappa shape index (κ2) is 6.99. The second-order valence-corrected chi connectivity index (χ2v) is 4.34. The van der Waals surface area contributed by atoms with Crippen molar-refractivity contribution in [3.8, 4) is 11.6 Å². The van der Waals surface area contributed by atoms with Crippen molar-refractivity contribution in [1.82, 2.24) is 4.98 Å². The molecule has 1 aromatic heterocycles. The van der Waals surface area contributed by atoms with Crippen LogP contribution in [0.1, 0.15) is 5.56 Å². The molecule has 0 saturated heterocycles. The van der Waals surface area contributed by atoms with Crippen LogP contribution in [0.2, 0.25) is 0 Å². The molecule has 0 aliphatic heterocycles. The highest BCUT2D eigenvalue weighted by Gasteiger charge is 2.13. The van der Waals surface area contributed by atoms with Crippen LogP contribution in [0.5, 0.6) is 11.6 Å². The molecule has 1 heterocycles. The molecule has 0 aliphatic carbocycles. The van der Waals surface area contributed by atoms with E-state index in [1.54, 1.807) is 19.2 Å². The second-order valence-electron chi connectivity index (χ2n) is 4.34. The molecular weight excluding hydrogens is 278 g/mol. The van der Waals surface area contributed by atoms with Gasteiger partial charge in [-0.1, -0.05) is 12.1 Å². The van der Waals surface area contributed by atoms with Crippen molar-refractivity contribution in [3.05, 3.63) is 47.5 Å². The zero-order valence-electron chi connectivity index (χ0n) is 11.8. The Kier molecular flexibility index (Phi) is 5.05. The third-order valence-electron chi connectivity index (χ3n) is 2.87. The molecule has 6 heteroatoms. The van der Waals surface area contributed by atoms with Gasteiger partial charge in [-0.05, 0) is 24.1 Å². The molecule has 2 aromatic rings. The van der Waals surface area contributed by atoms with Gasteiger partial charge in [0.05, 0.1) is 6.61 Å². The highest BCUT2D eigenvalue weighted by Crippen LogP contribution is 2.26. The molecule has 0 amide bonds. The topological polar surface area (TPSA) is 43.4 Å². The summed E-state index contributed by atoms with van der Waals surface area (Å²) in [6.45, 7) is 0.625. The zero-order valence-corrected chi connectivity index (χ0v) is 11.8. The maximum absolute atomic E-state index is 13.6. The van der Waals surface area contributed by atoms with Crippen molar-refractivity contribution in [2.75, 3.05) is 26.1 Å². The van der Waals surface area contributed by atoms with Gasteiger partial charge in [-0.25, -0.2) is 8.78 Å². The fourth-order valence-electron chi connectivity index (χ4n) is 1.75. The van der Waals surface area contributed by atoms with Crippen LogP contribution < -0.4 is 10.1 Å². The Labute approximate surface area is 121 Å². The lowest BCUT2D eigenvalue weighted by atomic mass is 10.1. The maximum atomic E-state index is 13.6. The van der Waals surface area contributed by atoms with E-state index >= 15 is 0 Å². The van der Waals surface area contributed by atoms with Gasteiger partial charge in [0.15, 0.2) is 17.5 Å². The summed E-state index contributed by atoms with van der Waals surface area (Å²) in [6.07, 6.45) is 0.782. The zero-order chi connectivity index (χ0) is 15.2. The van der Waals surface area contributed by atoms with E-state index in [0.717, 1.165) is 18.1 Å². The van der Waals surface area contributed by atoms with Crippen molar-refractivity contribution in [2.45, 2.75) is 6.42 Å². The van der Waals surface area contributed by atoms with E-state index in [1.165, 1.54) is 7.05 Å². The van der Waals surface area contributed by atoms with Gasteiger partial charge in [0.1, 0.15) is 5.75 Å². The first-order valence-electron chi connectivity index (χ1n) is 6.43. The molecule has 4 nitrogen and oxygen atoms in total. The van der Waals surface area contributed by atoms with Crippen LogP contribution in [0.4, 0.5) is 14.6 Å². The number of methoxy groups -OCH3 is 1. The molecule has 0 fully saturated rings. The Morgan fingerprint density at radius 3 is 2.48 bits per heavy atom. The molecule has 1 aromatic carbocycles. The van der Waals surface area contributed by atoms with Gasteiger partial charge in [-0.3, -0.25) is 0 Å². The fraction of sp³-hybridized carbons (Fsp3) is 0.267. The Morgan fingerprint density at radius 1 is 1.14 bits per heavy atom. The fourth-order valence-corrected chi connectivity index (χ4v) is 1.75. The number of hydrogen-bond donors (Lipinski definition) is 1. The smallest absolute Gasteiger partial charge is 0.258 e. The van der Waals surface area contributed by atoms with Gasteiger partial charge >= 0.3 is 0 Å². The normalized spacial score (nSPS) is 10.5. The summed E-state index contributed by atoms with van der Waals surface area (Å²) in [4.78, 5) is 3.75. The molecule has 21 heavy (non-hydrogen) atoms. The lowest BCUT2D eigenvalue weighted by Gasteiger charge is -2.09. The Balaban J connectivity index is 2.14. The molecular formula is C15H16F2N2O2. The van der Waals surface area contributed by atoms with Gasteiger partial charge in [-0.2, -0.15) is 4.98 Å². The molecule has 0 radical (unpaired) electrons. The first-order chi connectivity index (χ1) is 10.1. The molecule has 0 spiro atoms. The minimum absolute atomic E-state index is 0.0666. The summed E-state index contributed by atoms with van der Waals surface area (Å²) in [5, 5.41) is 2.53. The monoisotopic (exact) mass is 294 g/mol. The first kappa shape index (κ1) is 15.2. The molecule has 112 valence electrons. The van der Waals surface area contributed by atoms with Crippen molar-refractivity contribution in [3.63, 3.8) is 0 Å². The van der Waals surface area contributed by atoms with Crippen LogP contribution >= 0.6 is 0 Å². The van der Waals surface area contributed by atoms with E-state index in [4.69, 9.17) is 9.47 Å². The maximum Gasteiger partial charge on any atom is 0.258 e. The number of ether oxygens (including phenoxy) is 2. The average Bonchev–Trinajstić information content (AvgIpc) is 2.49. The summed E-state index contributed by atoms with van der Waals surface area (Å²) < 4.78 is 37.3. The van der Waals surface area contributed by atoms with Crippen LogP contribution in [0.15, 0.2) is 30.3 Å². The number of benzene rings is 1. The largest absolute Gasteiger partial charge is 0.436 e. The Morgan fingerprint density at radius 2 is 1.86 bits per heavy atom. The predicted molar refractivity (Wildman–Crippen MR) is 75.8 cm³/mol. The van der Waals surface area contributed by atoms with E-state index in [0.29, 0.717) is 12.4 Å². The number of nitrogens with zero attached hydrogens (tertiary/aromatic N) is 1. The van der Waals surface area contributed by atoms with Gasteiger partial charge in [0.25, 0.3) is 5.88 Å². The molecule has 1 N–H and O–H groups in total. The number of pyridine rings is 1. The standard InChI is InChI=1S/C15H16F2N2O2/c1-18-14-12(16)9-13(17)15(19-14)21-11-5-3-10(4-6-11)7-8-20-2/h3-6,9H,7-8H2,1-2H3,(H,18,19). The van der Waals surface area contributed by atoms with Gasteiger partial charge in [-0.15, -0.1) is 0 Å². The lowest BCUT2D eigenvalue weighted by Crippen LogP contribution is -2.01. The lowest BCUT2D eigenvalue weighted by molar-refractivity contribution is 0.202. The third-order valence-corrected chi connectivity index (χ3v) is 2.87. The summed E-state index contributed by atoms with van der Waals surface area (Å²) in [5.74, 6) is -1.53. The van der Waals surface area contributed by atoms with Crippen LogP contribution in [0, 0.1) is 11.6 Å². The van der Waals surface area contributed by atoms with E-state index < -0.39 is 11.6 Å². The summed E-state index contributed by atoms with van der Waals surface area (Å²) in [7, 11) is 3.14. The average molecular weight is 294 g/mol. The third kappa shape index (κ3) is 3.88. The van der Waals surface area contributed by atoms with Gasteiger partial charge in [0, 0.05) is 20.2 Å². The van der Waals surface area contributed by atoms with Crippen LogP contribution in [-0.2, 0) is 11.2 Å². The highest BCUT2D eigenvalue weighted by atomic mass is 19.1. The summed E-state index contributed by atoms with van der Waals surface area (Å²) in [6, 6.07) is 7.85. The van der Waals surface area contributed by atoms with Crippen LogP contribution in [0.25, 0.3) is 0 Å². The SMILES string of the molecule is CNc1nc(Oc2ccc(CCOC)cc2)c(F)cc1F. The number of hydrogen-bond acceptors (Lipinski definition) is 4. The number of nitrogens with one attached hydrogen (secondary N) is 1. The van der Waals surface area contributed by atoms with E-state index in [-0.39, 0.29) is 11.7 Å². The highest BCUT2D eigenvalue weighted by molar-refractivity contribution is 5.40. The molecule has 0 aliphatic rings. The van der Waals surface area contributed by atoms with Crippen molar-refractivity contribution >= 4 is 5.82 Å². The summed E-state index contributed by atoms with van der Waals surface area (Å²) in [5.41, 5.74) is 1.08. The van der Waals surface area contributed by atoms with E-state index in [1.807, 2.05) is 12.1 Å². The van der Waals surface area contributed by atoms with Crippen LogP contribution in [0.3, 0.4) is 0 Å². The first-order valence-corrected chi connectivity index (χ1v) is 6.43. The van der Waals surface area contributed by atoms with Crippen molar-refractivity contribution in [2.24, 2.45) is 0 Å². The van der Waals surface area contributed by atoms with Crippen molar-refractivity contribution in [1.29, 1.82) is 0 Å². The Hall–Kier alpha value is -2.21. The van der Waals surface area contributed by atoms with E-state index in [9.17, 15) is 8.78 Å². The number of halogens is 2. The predicted octanol–water partition coefficient (Wildman–Crippen LogP) is 3.38. The minimum atomic E-state index is -0.852. The van der Waals surface area contributed by atoms with E-state index in [2.05, 4.69) is 10.3 Å². The minimum Gasteiger partial charge on any atom is -0.436 e. The van der Waals surface area contributed by atoms with Crippen molar-refractivity contribution < 1.29 is 18.3 Å². The Bertz CT molecular complexity index is 603. The molecule has 0 atom stereocenters. The molecule has 0 unspecified atom stereocenters. The number of anilines is 1. The molecule has 2 rings (SSSR count). The van der Waals surface area contributed by atoms with Crippen LogP contribution in [-0.4, -0.2) is 25.7 Å². The molecule has 0 bridgehead atoms. The molecule has 0 saturated carbocycles.